The van der Waals surface area contributed by atoms with Crippen LogP contribution >= 0.6 is 0 Å². The summed E-state index contributed by atoms with van der Waals surface area (Å²) in [5.41, 5.74) is 2.23. The Labute approximate surface area is 94.1 Å². The van der Waals surface area contributed by atoms with Gasteiger partial charge in [-0.25, -0.2) is 4.79 Å². The Morgan fingerprint density at radius 3 is 3.00 bits per heavy atom. The van der Waals surface area contributed by atoms with E-state index in [1.165, 1.54) is 0 Å². The van der Waals surface area contributed by atoms with Gasteiger partial charge in [-0.1, -0.05) is 0 Å². The number of aryl methyl sites for hydroxylation is 1. The summed E-state index contributed by atoms with van der Waals surface area (Å²) in [5.74, 6) is -0.0912. The van der Waals surface area contributed by atoms with E-state index in [1.54, 1.807) is 30.7 Å². The molecule has 2 rings (SSSR count). The number of rotatable bonds is 2. The highest BCUT2D eigenvalue weighted by atomic mass is 16.5. The quantitative estimate of drug-likeness (QED) is 0.777. The molecule has 0 bridgehead atoms. The lowest BCUT2D eigenvalue weighted by Gasteiger charge is -2.11. The summed E-state index contributed by atoms with van der Waals surface area (Å²) in [5, 5.41) is 9.76. The van der Waals surface area contributed by atoms with E-state index < -0.39 is 0 Å². The van der Waals surface area contributed by atoms with Crippen LogP contribution in [0.4, 0.5) is 0 Å². The average Bonchev–Trinajstić information content (AvgIpc) is 2.58. The molecule has 1 heterocycles. The van der Waals surface area contributed by atoms with E-state index in [-0.39, 0.29) is 11.7 Å². The number of hydrogen-bond donors (Lipinski definition) is 1. The van der Waals surface area contributed by atoms with Gasteiger partial charge >= 0.3 is 5.97 Å². The van der Waals surface area contributed by atoms with Gasteiger partial charge in [0.15, 0.2) is 0 Å². The van der Waals surface area contributed by atoms with Crippen LogP contribution in [0.1, 0.15) is 35.1 Å². The zero-order valence-corrected chi connectivity index (χ0v) is 9.49. The van der Waals surface area contributed by atoms with Crippen molar-refractivity contribution >= 4 is 11.7 Å². The second-order valence-corrected chi connectivity index (χ2v) is 3.81. The largest absolute Gasteiger partial charge is 0.506 e. The van der Waals surface area contributed by atoms with Gasteiger partial charge in [-0.2, -0.15) is 0 Å². The first-order valence-corrected chi connectivity index (χ1v) is 5.40. The topological polar surface area (TPSA) is 51.5 Å². The van der Waals surface area contributed by atoms with E-state index in [1.807, 2.05) is 0 Å². The van der Waals surface area contributed by atoms with Crippen LogP contribution in [-0.2, 0) is 18.2 Å². The van der Waals surface area contributed by atoms with E-state index in [0.717, 1.165) is 24.1 Å². The molecule has 0 saturated heterocycles. The van der Waals surface area contributed by atoms with Crippen LogP contribution in [0.5, 0.6) is 0 Å². The summed E-state index contributed by atoms with van der Waals surface area (Å²) in [6, 6.07) is 1.80. The van der Waals surface area contributed by atoms with Crippen LogP contribution in [0, 0.1) is 0 Å². The summed E-state index contributed by atoms with van der Waals surface area (Å²) >= 11 is 0. The second-order valence-electron chi connectivity index (χ2n) is 3.81. The molecule has 4 heteroatoms. The molecule has 86 valence electrons. The molecule has 16 heavy (non-hydrogen) atoms. The van der Waals surface area contributed by atoms with Gasteiger partial charge in [0.25, 0.3) is 0 Å². The lowest BCUT2D eigenvalue weighted by atomic mass is 10.0. The molecule has 1 aromatic rings. The minimum atomic E-state index is -0.341. The van der Waals surface area contributed by atoms with E-state index in [9.17, 15) is 9.90 Å². The Hall–Kier alpha value is -1.71. The van der Waals surface area contributed by atoms with Gasteiger partial charge in [-0.15, -0.1) is 0 Å². The molecular formula is C12H15NO3. The highest BCUT2D eigenvalue weighted by molar-refractivity contribution is 5.89. The molecule has 0 aromatic carbocycles. The minimum Gasteiger partial charge on any atom is -0.506 e. The van der Waals surface area contributed by atoms with Crippen molar-refractivity contribution in [1.29, 1.82) is 0 Å². The molecule has 1 aliphatic carbocycles. The highest BCUT2D eigenvalue weighted by Crippen LogP contribution is 2.27. The number of aromatic nitrogens is 1. The number of fused-ring (bicyclic) bond motifs is 1. The van der Waals surface area contributed by atoms with Gasteiger partial charge in [-0.05, 0) is 37.5 Å². The minimum absolute atomic E-state index is 0.249. The molecule has 4 nitrogen and oxygen atoms in total. The van der Waals surface area contributed by atoms with E-state index in [2.05, 4.69) is 0 Å². The van der Waals surface area contributed by atoms with E-state index in [0.29, 0.717) is 12.3 Å². The predicted molar refractivity (Wildman–Crippen MR) is 60.3 cm³/mol. The first kappa shape index (κ1) is 10.8. The van der Waals surface area contributed by atoms with Gasteiger partial charge in [-0.3, -0.25) is 0 Å². The number of aliphatic hydroxyl groups is 1. The Kier molecular flexibility index (Phi) is 2.73. The molecule has 0 atom stereocenters. The summed E-state index contributed by atoms with van der Waals surface area (Å²) in [4.78, 5) is 11.6. The van der Waals surface area contributed by atoms with Gasteiger partial charge < -0.3 is 14.4 Å². The number of hydrogen-bond acceptors (Lipinski definition) is 3. The maximum atomic E-state index is 11.6. The number of nitrogens with zero attached hydrogens (tertiary/aromatic N) is 1. The Morgan fingerprint density at radius 2 is 2.38 bits per heavy atom. The van der Waals surface area contributed by atoms with Crippen molar-refractivity contribution in [2.45, 2.75) is 19.8 Å². The number of carbonyl (C=O) groups is 1. The zero-order chi connectivity index (χ0) is 11.7. The molecule has 1 aromatic heterocycles. The van der Waals surface area contributed by atoms with Crippen LogP contribution < -0.4 is 0 Å². The Bertz CT molecular complexity index is 457. The van der Waals surface area contributed by atoms with Crippen LogP contribution in [0.15, 0.2) is 12.1 Å². The van der Waals surface area contributed by atoms with Crippen LogP contribution in [-0.4, -0.2) is 22.2 Å². The number of aliphatic hydroxyl groups excluding tert-OH is 1. The number of ether oxygens (including phenoxy) is 1. The van der Waals surface area contributed by atoms with E-state index in [4.69, 9.17) is 4.74 Å². The van der Waals surface area contributed by atoms with Gasteiger partial charge in [0.05, 0.1) is 12.3 Å². The maximum absolute atomic E-state index is 11.6. The zero-order valence-electron chi connectivity index (χ0n) is 9.49. The lowest BCUT2D eigenvalue weighted by Crippen LogP contribution is -2.11. The summed E-state index contributed by atoms with van der Waals surface area (Å²) in [6.45, 7) is 2.13. The highest BCUT2D eigenvalue weighted by Gasteiger charge is 2.22. The third kappa shape index (κ3) is 1.60. The van der Waals surface area contributed by atoms with Crippen LogP contribution in [0.25, 0.3) is 5.76 Å². The van der Waals surface area contributed by atoms with Gasteiger partial charge in [0, 0.05) is 7.05 Å². The fraction of sp³-hybridized carbons (Fsp3) is 0.417. The first-order chi connectivity index (χ1) is 7.65. The number of carbonyl (C=O) groups excluding carboxylic acids is 1. The first-order valence-electron chi connectivity index (χ1n) is 5.40. The third-order valence-electron chi connectivity index (χ3n) is 2.79. The van der Waals surface area contributed by atoms with Crippen molar-refractivity contribution in [3.8, 4) is 0 Å². The summed E-state index contributed by atoms with van der Waals surface area (Å²) < 4.78 is 6.65. The monoisotopic (exact) mass is 221 g/mol. The lowest BCUT2D eigenvalue weighted by molar-refractivity contribution is 0.0515. The standard InChI is InChI=1S/C12H15NO3/c1-3-16-12(15)9-7-8-5-4-6-10(14)11(8)13(9)2/h6-7,14H,3-5H2,1-2H3. The van der Waals surface area contributed by atoms with Crippen molar-refractivity contribution in [2.24, 2.45) is 7.05 Å². The van der Waals surface area contributed by atoms with Crippen molar-refractivity contribution in [2.75, 3.05) is 6.61 Å². The molecule has 0 spiro atoms. The van der Waals surface area contributed by atoms with Crippen molar-refractivity contribution in [1.82, 2.24) is 4.57 Å². The molecule has 0 aliphatic heterocycles. The van der Waals surface area contributed by atoms with Crippen LogP contribution in [0.3, 0.4) is 0 Å². The summed E-state index contributed by atoms with van der Waals surface area (Å²) in [6.07, 6.45) is 3.44. The molecule has 0 fully saturated rings. The average molecular weight is 221 g/mol. The molecule has 0 saturated carbocycles. The van der Waals surface area contributed by atoms with Crippen molar-refractivity contribution < 1.29 is 14.6 Å². The Balaban J connectivity index is 2.44. The SMILES string of the molecule is CCOC(=O)c1cc2c(n1C)C(O)=CCC2. The Morgan fingerprint density at radius 1 is 1.62 bits per heavy atom. The molecule has 1 N–H and O–H groups in total. The van der Waals surface area contributed by atoms with Crippen molar-refractivity contribution in [3.63, 3.8) is 0 Å². The summed E-state index contributed by atoms with van der Waals surface area (Å²) in [7, 11) is 1.76. The molecular weight excluding hydrogens is 206 g/mol. The van der Waals surface area contributed by atoms with Crippen molar-refractivity contribution in [3.05, 3.63) is 29.1 Å². The molecule has 0 unspecified atom stereocenters. The van der Waals surface area contributed by atoms with Gasteiger partial charge in [0.2, 0.25) is 0 Å². The molecule has 1 aliphatic rings. The predicted octanol–water partition coefficient (Wildman–Crippen LogP) is 2.05. The smallest absolute Gasteiger partial charge is 0.354 e. The normalized spacial score (nSPS) is 14.2. The van der Waals surface area contributed by atoms with Gasteiger partial charge in [0.1, 0.15) is 11.5 Å². The van der Waals surface area contributed by atoms with Crippen LogP contribution in [0.2, 0.25) is 0 Å². The molecule has 0 amide bonds. The fourth-order valence-electron chi connectivity index (χ4n) is 2.05. The van der Waals surface area contributed by atoms with E-state index >= 15 is 0 Å². The maximum Gasteiger partial charge on any atom is 0.354 e. The number of allylic oxidation sites excluding steroid dienone is 1. The number of esters is 1. The fourth-order valence-corrected chi connectivity index (χ4v) is 2.05. The second kappa shape index (κ2) is 4.04. The molecule has 0 radical (unpaired) electrons. The third-order valence-corrected chi connectivity index (χ3v) is 2.79.